The first kappa shape index (κ1) is 16.0. The van der Waals surface area contributed by atoms with Crippen LogP contribution in [0.4, 0.5) is 5.95 Å². The van der Waals surface area contributed by atoms with Crippen molar-refractivity contribution in [3.8, 4) is 5.75 Å². The largest absolute Gasteiger partial charge is 0.497 e. The highest BCUT2D eigenvalue weighted by Gasteiger charge is 2.19. The molecule has 0 amide bonds. The number of H-pyrrole nitrogens is 1. The van der Waals surface area contributed by atoms with Crippen molar-refractivity contribution in [2.45, 2.75) is 6.42 Å². The lowest BCUT2D eigenvalue weighted by atomic mass is 10.1. The topological polar surface area (TPSA) is 44.4 Å². The predicted molar refractivity (Wildman–Crippen MR) is 101 cm³/mol. The second-order valence-corrected chi connectivity index (χ2v) is 6.50. The number of para-hydroxylation sites is 2. The number of aromatic amines is 1. The lowest BCUT2D eigenvalue weighted by Gasteiger charge is -2.34. The smallest absolute Gasteiger partial charge is 0.203 e. The average Bonchev–Trinajstić information content (AvgIpc) is 3.11. The Morgan fingerprint density at radius 3 is 2.48 bits per heavy atom. The summed E-state index contributed by atoms with van der Waals surface area (Å²) in [5, 5.41) is 0. The van der Waals surface area contributed by atoms with Crippen molar-refractivity contribution in [2.24, 2.45) is 0 Å². The molecule has 4 rings (SSSR count). The summed E-state index contributed by atoms with van der Waals surface area (Å²) in [4.78, 5) is 13.0. The Labute approximate surface area is 148 Å². The minimum Gasteiger partial charge on any atom is -0.497 e. The van der Waals surface area contributed by atoms with E-state index in [0.717, 1.165) is 61.9 Å². The Hall–Kier alpha value is -2.53. The molecule has 25 heavy (non-hydrogen) atoms. The van der Waals surface area contributed by atoms with Crippen molar-refractivity contribution in [2.75, 3.05) is 44.7 Å². The molecule has 1 aliphatic rings. The molecule has 130 valence electrons. The van der Waals surface area contributed by atoms with E-state index in [4.69, 9.17) is 9.72 Å². The van der Waals surface area contributed by atoms with Gasteiger partial charge in [-0.15, -0.1) is 0 Å². The zero-order valence-corrected chi connectivity index (χ0v) is 14.6. The molecule has 3 aromatic rings. The number of imidazole rings is 1. The highest BCUT2D eigenvalue weighted by molar-refractivity contribution is 5.77. The molecule has 0 aliphatic carbocycles. The van der Waals surface area contributed by atoms with Gasteiger partial charge in [-0.1, -0.05) is 24.3 Å². The van der Waals surface area contributed by atoms with Gasteiger partial charge in [-0.25, -0.2) is 4.98 Å². The third-order valence-corrected chi connectivity index (χ3v) is 4.92. The number of piperazine rings is 1. The SMILES string of the molecule is COc1ccc(CCN2CCN(c3nc4ccccc4[nH]3)CC2)cc1. The first-order valence-electron chi connectivity index (χ1n) is 8.87. The zero-order valence-electron chi connectivity index (χ0n) is 14.6. The molecule has 5 heteroatoms. The van der Waals surface area contributed by atoms with Crippen LogP contribution in [0.5, 0.6) is 5.75 Å². The monoisotopic (exact) mass is 336 g/mol. The van der Waals surface area contributed by atoms with E-state index in [1.165, 1.54) is 5.56 Å². The van der Waals surface area contributed by atoms with Crippen LogP contribution in [-0.2, 0) is 6.42 Å². The number of aromatic nitrogens is 2. The Kier molecular flexibility index (Phi) is 4.57. The summed E-state index contributed by atoms with van der Waals surface area (Å²) < 4.78 is 5.21. The number of rotatable bonds is 5. The van der Waals surface area contributed by atoms with E-state index >= 15 is 0 Å². The van der Waals surface area contributed by atoms with Gasteiger partial charge in [0.25, 0.3) is 0 Å². The van der Waals surface area contributed by atoms with Gasteiger partial charge >= 0.3 is 0 Å². The maximum absolute atomic E-state index is 5.21. The van der Waals surface area contributed by atoms with Crippen LogP contribution in [0.15, 0.2) is 48.5 Å². The van der Waals surface area contributed by atoms with Crippen molar-refractivity contribution < 1.29 is 4.74 Å². The molecule has 1 saturated heterocycles. The molecule has 0 saturated carbocycles. The number of ether oxygens (including phenoxy) is 1. The third-order valence-electron chi connectivity index (χ3n) is 4.92. The van der Waals surface area contributed by atoms with Gasteiger partial charge < -0.3 is 14.6 Å². The number of nitrogens with zero attached hydrogens (tertiary/aromatic N) is 3. The Balaban J connectivity index is 1.30. The van der Waals surface area contributed by atoms with Crippen LogP contribution in [0, 0.1) is 0 Å². The molecule has 0 atom stereocenters. The second kappa shape index (κ2) is 7.15. The van der Waals surface area contributed by atoms with Gasteiger partial charge in [0.15, 0.2) is 0 Å². The first-order valence-corrected chi connectivity index (χ1v) is 8.87. The number of benzene rings is 2. The molecule has 0 radical (unpaired) electrons. The van der Waals surface area contributed by atoms with E-state index in [-0.39, 0.29) is 0 Å². The van der Waals surface area contributed by atoms with Gasteiger partial charge in [0.05, 0.1) is 18.1 Å². The summed E-state index contributed by atoms with van der Waals surface area (Å²) in [5.41, 5.74) is 3.51. The quantitative estimate of drug-likeness (QED) is 0.778. The summed E-state index contributed by atoms with van der Waals surface area (Å²) in [6.45, 7) is 5.28. The predicted octanol–water partition coefficient (Wildman–Crippen LogP) is 2.94. The molecule has 0 unspecified atom stereocenters. The van der Waals surface area contributed by atoms with Crippen molar-refractivity contribution in [3.63, 3.8) is 0 Å². The number of fused-ring (bicyclic) bond motifs is 1. The van der Waals surface area contributed by atoms with E-state index in [2.05, 4.69) is 39.0 Å². The van der Waals surface area contributed by atoms with E-state index in [1.54, 1.807) is 7.11 Å². The maximum atomic E-state index is 5.21. The maximum Gasteiger partial charge on any atom is 0.203 e. The van der Waals surface area contributed by atoms with Crippen LogP contribution >= 0.6 is 0 Å². The van der Waals surface area contributed by atoms with E-state index < -0.39 is 0 Å². The molecule has 1 N–H and O–H groups in total. The lowest BCUT2D eigenvalue weighted by molar-refractivity contribution is 0.260. The van der Waals surface area contributed by atoms with Crippen molar-refractivity contribution >= 4 is 17.0 Å². The zero-order chi connectivity index (χ0) is 17.1. The third kappa shape index (κ3) is 3.61. The average molecular weight is 336 g/mol. The summed E-state index contributed by atoms with van der Waals surface area (Å²) >= 11 is 0. The second-order valence-electron chi connectivity index (χ2n) is 6.50. The molecule has 5 nitrogen and oxygen atoms in total. The van der Waals surface area contributed by atoms with E-state index in [0.29, 0.717) is 0 Å². The molecular weight excluding hydrogens is 312 g/mol. The van der Waals surface area contributed by atoms with Gasteiger partial charge in [-0.3, -0.25) is 4.90 Å². The Bertz CT molecular complexity index is 786. The van der Waals surface area contributed by atoms with Gasteiger partial charge in [0, 0.05) is 32.7 Å². The van der Waals surface area contributed by atoms with Crippen LogP contribution in [-0.4, -0.2) is 54.7 Å². The lowest BCUT2D eigenvalue weighted by Crippen LogP contribution is -2.47. The molecule has 1 aliphatic heterocycles. The number of hydrogen-bond donors (Lipinski definition) is 1. The normalized spacial score (nSPS) is 15.6. The van der Waals surface area contributed by atoms with Crippen molar-refractivity contribution in [1.29, 1.82) is 0 Å². The summed E-state index contributed by atoms with van der Waals surface area (Å²) in [6, 6.07) is 16.6. The van der Waals surface area contributed by atoms with Gasteiger partial charge in [-0.05, 0) is 36.2 Å². The molecule has 0 bridgehead atoms. The van der Waals surface area contributed by atoms with Gasteiger partial charge in [0.1, 0.15) is 5.75 Å². The molecule has 2 aromatic carbocycles. The fraction of sp³-hybridized carbons (Fsp3) is 0.350. The summed E-state index contributed by atoms with van der Waals surface area (Å²) in [6.07, 6.45) is 1.08. The molecule has 0 spiro atoms. The molecule has 1 fully saturated rings. The van der Waals surface area contributed by atoms with E-state index in [1.807, 2.05) is 24.3 Å². The van der Waals surface area contributed by atoms with Crippen LogP contribution in [0.3, 0.4) is 0 Å². The fourth-order valence-corrected chi connectivity index (χ4v) is 3.35. The van der Waals surface area contributed by atoms with Gasteiger partial charge in [0.2, 0.25) is 5.95 Å². The summed E-state index contributed by atoms with van der Waals surface area (Å²) in [7, 11) is 1.70. The van der Waals surface area contributed by atoms with Crippen LogP contribution in [0.25, 0.3) is 11.0 Å². The van der Waals surface area contributed by atoms with Crippen LogP contribution in [0.1, 0.15) is 5.56 Å². The van der Waals surface area contributed by atoms with Crippen molar-refractivity contribution in [3.05, 3.63) is 54.1 Å². The van der Waals surface area contributed by atoms with Gasteiger partial charge in [-0.2, -0.15) is 0 Å². The molecule has 1 aromatic heterocycles. The molecule has 2 heterocycles. The molecular formula is C20H24N4O. The number of anilines is 1. The minimum absolute atomic E-state index is 0.920. The Morgan fingerprint density at radius 2 is 1.76 bits per heavy atom. The fourth-order valence-electron chi connectivity index (χ4n) is 3.35. The highest BCUT2D eigenvalue weighted by atomic mass is 16.5. The van der Waals surface area contributed by atoms with Crippen molar-refractivity contribution in [1.82, 2.24) is 14.9 Å². The standard InChI is InChI=1S/C20H24N4O/c1-25-17-8-6-16(7-9-17)10-11-23-12-14-24(15-13-23)20-21-18-4-2-3-5-19(18)22-20/h2-9H,10-15H2,1H3,(H,21,22). The highest BCUT2D eigenvalue weighted by Crippen LogP contribution is 2.18. The Morgan fingerprint density at radius 1 is 1.00 bits per heavy atom. The van der Waals surface area contributed by atoms with Crippen LogP contribution < -0.4 is 9.64 Å². The number of nitrogens with one attached hydrogen (secondary N) is 1. The minimum atomic E-state index is 0.920. The number of hydrogen-bond acceptors (Lipinski definition) is 4. The first-order chi connectivity index (χ1) is 12.3. The summed E-state index contributed by atoms with van der Waals surface area (Å²) in [5.74, 6) is 1.92. The van der Waals surface area contributed by atoms with E-state index in [9.17, 15) is 0 Å². The number of methoxy groups -OCH3 is 1. The van der Waals surface area contributed by atoms with Crippen LogP contribution in [0.2, 0.25) is 0 Å².